The van der Waals surface area contributed by atoms with Gasteiger partial charge in [0.1, 0.15) is 0 Å². The third-order valence-corrected chi connectivity index (χ3v) is 2.72. The molecule has 5 heteroatoms. The Morgan fingerprint density at radius 1 is 1.50 bits per heavy atom. The van der Waals surface area contributed by atoms with E-state index in [1.54, 1.807) is 13.0 Å². The summed E-state index contributed by atoms with van der Waals surface area (Å²) < 4.78 is 0. The molecular weight excluding hydrogens is 252 g/mol. The lowest BCUT2D eigenvalue weighted by molar-refractivity contribution is -0.121. The lowest BCUT2D eigenvalue weighted by Crippen LogP contribution is -2.42. The van der Waals surface area contributed by atoms with Gasteiger partial charge in [0.2, 0.25) is 5.91 Å². The molecule has 20 heavy (non-hydrogen) atoms. The number of nitrogens with two attached hydrogens (primary N) is 1. The monoisotopic (exact) mass is 272 g/mol. The first-order chi connectivity index (χ1) is 9.54. The number of carbonyl (C=O) groups excluding carboxylic acids is 1. The van der Waals surface area contributed by atoms with Crippen molar-refractivity contribution in [3.63, 3.8) is 0 Å². The number of aliphatic imine (C=N–C) groups is 1. The minimum Gasteiger partial charge on any atom is -0.323 e. The van der Waals surface area contributed by atoms with E-state index in [1.807, 2.05) is 30.3 Å². The first-order valence-corrected chi connectivity index (χ1v) is 6.33. The normalized spacial score (nSPS) is 12.6. The van der Waals surface area contributed by atoms with E-state index in [1.165, 1.54) is 0 Å². The van der Waals surface area contributed by atoms with Crippen LogP contribution in [-0.4, -0.2) is 30.9 Å². The standard InChI is InChI=1S/C15H20N4O/c1-11(16)14(8-9-18-2)19-15(20)13(17)10-12-6-4-3-5-7-12/h3-8,13,16H,2,9-10,17H2,1H3,(H,19,20)/b14-8+,16-11?. The maximum absolute atomic E-state index is 12.0. The Morgan fingerprint density at radius 3 is 2.70 bits per heavy atom. The van der Waals surface area contributed by atoms with Crippen molar-refractivity contribution in [2.24, 2.45) is 10.7 Å². The molecule has 0 aliphatic rings. The summed E-state index contributed by atoms with van der Waals surface area (Å²) in [6.07, 6.45) is 2.10. The molecule has 106 valence electrons. The molecular formula is C15H20N4O. The van der Waals surface area contributed by atoms with Crippen molar-refractivity contribution in [2.45, 2.75) is 19.4 Å². The van der Waals surface area contributed by atoms with Crippen molar-refractivity contribution < 1.29 is 4.79 Å². The Hall–Kier alpha value is -2.27. The molecule has 0 radical (unpaired) electrons. The van der Waals surface area contributed by atoms with Gasteiger partial charge in [0.05, 0.1) is 24.0 Å². The minimum absolute atomic E-state index is 0.258. The molecule has 0 aliphatic heterocycles. The number of amides is 1. The second-order valence-electron chi connectivity index (χ2n) is 4.43. The van der Waals surface area contributed by atoms with Gasteiger partial charge in [-0.25, -0.2) is 0 Å². The number of benzene rings is 1. The van der Waals surface area contributed by atoms with E-state index < -0.39 is 6.04 Å². The van der Waals surface area contributed by atoms with Crippen molar-refractivity contribution in [2.75, 3.05) is 6.54 Å². The van der Waals surface area contributed by atoms with Gasteiger partial charge in [0.25, 0.3) is 0 Å². The third kappa shape index (κ3) is 5.16. The summed E-state index contributed by atoms with van der Waals surface area (Å²) in [6.45, 7) is 5.30. The van der Waals surface area contributed by atoms with E-state index in [-0.39, 0.29) is 11.6 Å². The lowest BCUT2D eigenvalue weighted by Gasteiger charge is -2.14. The Balaban J connectivity index is 2.64. The van der Waals surface area contributed by atoms with Crippen LogP contribution in [0.15, 0.2) is 47.1 Å². The Bertz CT molecular complexity index is 508. The van der Waals surface area contributed by atoms with Crippen molar-refractivity contribution >= 4 is 18.3 Å². The molecule has 0 bridgehead atoms. The average Bonchev–Trinajstić information content (AvgIpc) is 2.43. The van der Waals surface area contributed by atoms with Crippen molar-refractivity contribution in [3.8, 4) is 0 Å². The fraction of sp³-hybridized carbons (Fsp3) is 0.267. The molecule has 1 aromatic rings. The van der Waals surface area contributed by atoms with Gasteiger partial charge in [0, 0.05) is 0 Å². The summed E-state index contributed by atoms with van der Waals surface area (Å²) in [5.41, 5.74) is 7.56. The van der Waals surface area contributed by atoms with E-state index >= 15 is 0 Å². The maximum Gasteiger partial charge on any atom is 0.241 e. The minimum atomic E-state index is -0.656. The predicted molar refractivity (Wildman–Crippen MR) is 82.2 cm³/mol. The molecule has 1 amide bonds. The van der Waals surface area contributed by atoms with E-state index in [9.17, 15) is 4.79 Å². The van der Waals surface area contributed by atoms with Crippen LogP contribution in [0.25, 0.3) is 0 Å². The van der Waals surface area contributed by atoms with Gasteiger partial charge in [-0.05, 0) is 31.7 Å². The summed E-state index contributed by atoms with van der Waals surface area (Å²) in [6, 6.07) is 8.92. The number of nitrogens with one attached hydrogen (secondary N) is 2. The van der Waals surface area contributed by atoms with E-state index in [0.29, 0.717) is 18.7 Å². The highest BCUT2D eigenvalue weighted by molar-refractivity contribution is 6.00. The zero-order valence-corrected chi connectivity index (χ0v) is 11.6. The molecule has 0 aliphatic carbocycles. The summed E-state index contributed by atoms with van der Waals surface area (Å²) in [5.74, 6) is -0.309. The van der Waals surface area contributed by atoms with Crippen LogP contribution in [0.5, 0.6) is 0 Å². The van der Waals surface area contributed by atoms with Crippen LogP contribution in [-0.2, 0) is 11.2 Å². The van der Waals surface area contributed by atoms with Gasteiger partial charge < -0.3 is 16.5 Å². The lowest BCUT2D eigenvalue weighted by atomic mass is 10.1. The van der Waals surface area contributed by atoms with Crippen LogP contribution in [0.2, 0.25) is 0 Å². The predicted octanol–water partition coefficient (Wildman–Crippen LogP) is 1.30. The fourth-order valence-electron chi connectivity index (χ4n) is 1.64. The summed E-state index contributed by atoms with van der Waals surface area (Å²) in [5, 5.41) is 10.3. The number of rotatable bonds is 7. The highest BCUT2D eigenvalue weighted by atomic mass is 16.2. The molecule has 5 nitrogen and oxygen atoms in total. The zero-order chi connectivity index (χ0) is 15.0. The van der Waals surface area contributed by atoms with Gasteiger partial charge >= 0.3 is 0 Å². The first kappa shape index (κ1) is 15.8. The molecule has 0 aromatic heterocycles. The first-order valence-electron chi connectivity index (χ1n) is 6.33. The van der Waals surface area contributed by atoms with Crippen LogP contribution >= 0.6 is 0 Å². The number of hydrogen-bond donors (Lipinski definition) is 3. The second-order valence-corrected chi connectivity index (χ2v) is 4.43. The van der Waals surface area contributed by atoms with Crippen LogP contribution in [0.1, 0.15) is 12.5 Å². The molecule has 0 saturated heterocycles. The van der Waals surface area contributed by atoms with Crippen LogP contribution in [0.4, 0.5) is 0 Å². The van der Waals surface area contributed by atoms with Crippen LogP contribution in [0.3, 0.4) is 0 Å². The summed E-state index contributed by atoms with van der Waals surface area (Å²) in [7, 11) is 0. The molecule has 1 aromatic carbocycles. The molecule has 4 N–H and O–H groups in total. The Morgan fingerprint density at radius 2 is 2.15 bits per heavy atom. The molecule has 1 rings (SSSR count). The summed E-state index contributed by atoms with van der Waals surface area (Å²) in [4.78, 5) is 15.7. The van der Waals surface area contributed by atoms with Gasteiger partial charge in [-0.1, -0.05) is 30.3 Å². The molecule has 1 atom stereocenters. The summed E-state index contributed by atoms with van der Waals surface area (Å²) >= 11 is 0. The van der Waals surface area contributed by atoms with Crippen LogP contribution in [0, 0.1) is 5.41 Å². The zero-order valence-electron chi connectivity index (χ0n) is 11.6. The topological polar surface area (TPSA) is 91.3 Å². The average molecular weight is 272 g/mol. The van der Waals surface area contributed by atoms with Gasteiger partial charge in [-0.15, -0.1) is 0 Å². The largest absolute Gasteiger partial charge is 0.323 e. The number of hydrogen-bond acceptors (Lipinski definition) is 4. The van der Waals surface area contributed by atoms with Gasteiger partial charge in [0.15, 0.2) is 0 Å². The SMILES string of the molecule is C=NC/C=C(/NC(=O)C(N)Cc1ccccc1)C(C)=N. The van der Waals surface area contributed by atoms with E-state index in [4.69, 9.17) is 11.1 Å². The second kappa shape index (κ2) is 8.01. The number of carbonyl (C=O) groups is 1. The number of allylic oxidation sites excluding steroid dienone is 1. The van der Waals surface area contributed by atoms with E-state index in [2.05, 4.69) is 17.0 Å². The van der Waals surface area contributed by atoms with Crippen molar-refractivity contribution in [1.29, 1.82) is 5.41 Å². The number of nitrogens with zero attached hydrogens (tertiary/aromatic N) is 1. The smallest absolute Gasteiger partial charge is 0.241 e. The van der Waals surface area contributed by atoms with E-state index in [0.717, 1.165) is 5.56 Å². The Kier molecular flexibility index (Phi) is 6.32. The molecule has 1 unspecified atom stereocenters. The molecule has 0 saturated carbocycles. The van der Waals surface area contributed by atoms with Crippen molar-refractivity contribution in [3.05, 3.63) is 47.7 Å². The Labute approximate surface area is 119 Å². The molecule has 0 fully saturated rings. The van der Waals surface area contributed by atoms with Gasteiger partial charge in [-0.3, -0.25) is 9.79 Å². The fourth-order valence-corrected chi connectivity index (χ4v) is 1.64. The highest BCUT2D eigenvalue weighted by Crippen LogP contribution is 2.03. The maximum atomic E-state index is 12.0. The molecule has 0 spiro atoms. The highest BCUT2D eigenvalue weighted by Gasteiger charge is 2.15. The third-order valence-electron chi connectivity index (χ3n) is 2.72. The van der Waals surface area contributed by atoms with Crippen LogP contribution < -0.4 is 11.1 Å². The molecule has 0 heterocycles. The van der Waals surface area contributed by atoms with Gasteiger partial charge in [-0.2, -0.15) is 0 Å². The quantitative estimate of drug-likeness (QED) is 0.653. The van der Waals surface area contributed by atoms with Crippen molar-refractivity contribution in [1.82, 2.24) is 5.32 Å².